The van der Waals surface area contributed by atoms with Crippen molar-refractivity contribution in [2.75, 3.05) is 14.1 Å². The number of nitrogens with zero attached hydrogens (tertiary/aromatic N) is 3. The van der Waals surface area contributed by atoms with Crippen LogP contribution in [0.25, 0.3) is 21.9 Å². The fraction of sp³-hybridized carbons (Fsp3) is 0.250. The summed E-state index contributed by atoms with van der Waals surface area (Å²) in [5.41, 5.74) is 2.99. The summed E-state index contributed by atoms with van der Waals surface area (Å²) in [5.74, 6) is -2.42. The van der Waals surface area contributed by atoms with E-state index in [1.165, 1.54) is 15.5 Å². The molecule has 0 spiro atoms. The average molecular weight is 438 g/mol. The van der Waals surface area contributed by atoms with Gasteiger partial charge in [0.05, 0.1) is 16.6 Å². The van der Waals surface area contributed by atoms with Gasteiger partial charge in [-0.15, -0.1) is 0 Å². The third-order valence-corrected chi connectivity index (χ3v) is 5.42. The van der Waals surface area contributed by atoms with Gasteiger partial charge in [0, 0.05) is 32.1 Å². The van der Waals surface area contributed by atoms with Crippen molar-refractivity contribution in [2.45, 2.75) is 26.4 Å². The van der Waals surface area contributed by atoms with E-state index in [9.17, 15) is 18.4 Å². The Kier molecular flexibility index (Phi) is 5.46. The number of rotatable bonds is 4. The van der Waals surface area contributed by atoms with Crippen molar-refractivity contribution in [2.24, 2.45) is 0 Å². The van der Waals surface area contributed by atoms with Gasteiger partial charge < -0.3 is 14.8 Å². The lowest BCUT2D eigenvalue weighted by molar-refractivity contribution is 0.0942. The molecule has 0 atom stereocenters. The van der Waals surface area contributed by atoms with E-state index in [1.54, 1.807) is 20.2 Å². The average Bonchev–Trinajstić information content (AvgIpc) is 3.28. The van der Waals surface area contributed by atoms with Crippen LogP contribution in [-0.4, -0.2) is 40.1 Å². The first-order valence-corrected chi connectivity index (χ1v) is 10.3. The van der Waals surface area contributed by atoms with Gasteiger partial charge in [0.2, 0.25) is 0 Å². The van der Waals surface area contributed by atoms with Crippen LogP contribution in [0.2, 0.25) is 0 Å². The van der Waals surface area contributed by atoms with E-state index in [0.29, 0.717) is 11.1 Å². The molecule has 4 rings (SSSR count). The normalized spacial score (nSPS) is 11.5. The smallest absolute Gasteiger partial charge is 0.328 e. The minimum Gasteiger partial charge on any atom is -0.347 e. The summed E-state index contributed by atoms with van der Waals surface area (Å²) >= 11 is 0. The topological polar surface area (TPSA) is 59.3 Å². The molecule has 0 aliphatic rings. The summed E-state index contributed by atoms with van der Waals surface area (Å²) in [6.45, 7) is 4.08. The zero-order valence-corrected chi connectivity index (χ0v) is 18.3. The maximum Gasteiger partial charge on any atom is 0.328 e. The maximum atomic E-state index is 13.5. The van der Waals surface area contributed by atoms with Gasteiger partial charge in [-0.25, -0.2) is 13.6 Å². The highest BCUT2D eigenvalue weighted by molar-refractivity contribution is 6.14. The van der Waals surface area contributed by atoms with Crippen LogP contribution >= 0.6 is 0 Å². The molecule has 0 bridgehead atoms. The van der Waals surface area contributed by atoms with Gasteiger partial charge in [-0.1, -0.05) is 24.3 Å². The molecule has 6 nitrogen and oxygen atoms in total. The van der Waals surface area contributed by atoms with Crippen LogP contribution in [0.15, 0.2) is 48.5 Å². The standard InChI is InChI=1S/C24H24F2N4O2/c1-14(2)29-19-8-6-5-7-16(19)22-20(29)12-21(30(22)24(32)28(3)4)23(31)27-13-15-9-10-17(25)18(26)11-15/h5-12,14H,13H2,1-4H3,(H,27,31). The number of nitrogens with one attached hydrogen (secondary N) is 1. The number of benzene rings is 2. The number of hydrogen-bond donors (Lipinski definition) is 1. The summed E-state index contributed by atoms with van der Waals surface area (Å²) in [7, 11) is 3.25. The summed E-state index contributed by atoms with van der Waals surface area (Å²) < 4.78 is 30.2. The number of halogens is 2. The number of carbonyl (C=O) groups is 2. The molecular weight excluding hydrogens is 414 g/mol. The Morgan fingerprint density at radius 1 is 1.00 bits per heavy atom. The van der Waals surface area contributed by atoms with Crippen LogP contribution in [0.1, 0.15) is 35.9 Å². The molecule has 0 unspecified atom stereocenters. The first-order chi connectivity index (χ1) is 15.2. The molecule has 0 saturated heterocycles. The molecule has 0 aliphatic heterocycles. The van der Waals surface area contributed by atoms with Gasteiger partial charge in [0.15, 0.2) is 11.6 Å². The molecular formula is C24H24F2N4O2. The summed E-state index contributed by atoms with van der Waals surface area (Å²) in [5, 5.41) is 3.58. The first kappa shape index (κ1) is 21.5. The molecule has 2 heterocycles. The minimum absolute atomic E-state index is 0.00742. The number of aromatic nitrogens is 2. The van der Waals surface area contributed by atoms with E-state index >= 15 is 0 Å². The van der Waals surface area contributed by atoms with Crippen molar-refractivity contribution >= 4 is 33.9 Å². The summed E-state index contributed by atoms with van der Waals surface area (Å²) in [6, 6.07) is 12.7. The molecule has 2 aromatic heterocycles. The molecule has 2 amide bonds. The molecule has 0 saturated carbocycles. The van der Waals surface area contributed by atoms with Crippen LogP contribution in [0.5, 0.6) is 0 Å². The SMILES string of the molecule is CC(C)n1c2ccccc2c2c1cc(C(=O)NCc1ccc(F)c(F)c1)n2C(=O)N(C)C. The lowest BCUT2D eigenvalue weighted by Gasteiger charge is -2.15. The van der Waals surface area contributed by atoms with Crippen molar-refractivity contribution in [1.82, 2.24) is 19.4 Å². The molecule has 2 aromatic carbocycles. The molecule has 32 heavy (non-hydrogen) atoms. The molecule has 1 N–H and O–H groups in total. The van der Waals surface area contributed by atoms with E-state index in [-0.39, 0.29) is 24.3 Å². The number of carbonyl (C=O) groups excluding carboxylic acids is 2. The lowest BCUT2D eigenvalue weighted by atomic mass is 10.2. The fourth-order valence-electron chi connectivity index (χ4n) is 4.00. The van der Waals surface area contributed by atoms with Gasteiger partial charge in [-0.05, 0) is 43.7 Å². The van der Waals surface area contributed by atoms with Crippen LogP contribution in [0, 0.1) is 11.6 Å². The van der Waals surface area contributed by atoms with Crippen molar-refractivity contribution in [3.05, 3.63) is 71.4 Å². The highest BCUT2D eigenvalue weighted by atomic mass is 19.2. The van der Waals surface area contributed by atoms with Gasteiger partial charge >= 0.3 is 6.03 Å². The maximum absolute atomic E-state index is 13.5. The van der Waals surface area contributed by atoms with E-state index in [0.717, 1.165) is 28.6 Å². The summed E-state index contributed by atoms with van der Waals surface area (Å²) in [4.78, 5) is 27.7. The third-order valence-electron chi connectivity index (χ3n) is 5.42. The Labute approximate surface area is 184 Å². The Bertz CT molecular complexity index is 1350. The highest BCUT2D eigenvalue weighted by Crippen LogP contribution is 2.34. The number of hydrogen-bond acceptors (Lipinski definition) is 2. The van der Waals surface area contributed by atoms with Crippen LogP contribution < -0.4 is 5.32 Å². The van der Waals surface area contributed by atoms with Crippen molar-refractivity contribution in [3.8, 4) is 0 Å². The predicted octanol–water partition coefficient (Wildman–Crippen LogP) is 4.91. The van der Waals surface area contributed by atoms with Crippen LogP contribution in [-0.2, 0) is 6.54 Å². The Morgan fingerprint density at radius 3 is 2.38 bits per heavy atom. The second-order valence-corrected chi connectivity index (χ2v) is 8.19. The predicted molar refractivity (Wildman–Crippen MR) is 120 cm³/mol. The second kappa shape index (κ2) is 8.11. The largest absolute Gasteiger partial charge is 0.347 e. The van der Waals surface area contributed by atoms with Crippen LogP contribution in [0.3, 0.4) is 0 Å². The van der Waals surface area contributed by atoms with E-state index in [4.69, 9.17) is 0 Å². The zero-order chi connectivity index (χ0) is 23.2. The monoisotopic (exact) mass is 438 g/mol. The Morgan fingerprint density at radius 2 is 1.72 bits per heavy atom. The van der Waals surface area contributed by atoms with Crippen LogP contribution in [0.4, 0.5) is 13.6 Å². The molecule has 4 aromatic rings. The van der Waals surface area contributed by atoms with E-state index in [1.807, 2.05) is 38.1 Å². The molecule has 0 radical (unpaired) electrons. The van der Waals surface area contributed by atoms with Crippen molar-refractivity contribution in [3.63, 3.8) is 0 Å². The Balaban J connectivity index is 1.83. The highest BCUT2D eigenvalue weighted by Gasteiger charge is 2.26. The molecule has 0 fully saturated rings. The van der Waals surface area contributed by atoms with E-state index < -0.39 is 17.5 Å². The Hall–Kier alpha value is -3.68. The molecule has 0 aliphatic carbocycles. The fourth-order valence-corrected chi connectivity index (χ4v) is 4.00. The van der Waals surface area contributed by atoms with E-state index in [2.05, 4.69) is 9.88 Å². The minimum atomic E-state index is -0.980. The molecule has 8 heteroatoms. The van der Waals surface area contributed by atoms with Gasteiger partial charge in [0.1, 0.15) is 5.69 Å². The number of fused-ring (bicyclic) bond motifs is 3. The van der Waals surface area contributed by atoms with Gasteiger partial charge in [-0.2, -0.15) is 0 Å². The quantitative estimate of drug-likeness (QED) is 0.492. The number of para-hydroxylation sites is 1. The van der Waals surface area contributed by atoms with Gasteiger partial charge in [0.25, 0.3) is 5.91 Å². The summed E-state index contributed by atoms with van der Waals surface area (Å²) in [6.07, 6.45) is 0. The van der Waals surface area contributed by atoms with Crippen molar-refractivity contribution in [1.29, 1.82) is 0 Å². The lowest BCUT2D eigenvalue weighted by Crippen LogP contribution is -2.32. The van der Waals surface area contributed by atoms with Crippen molar-refractivity contribution < 1.29 is 18.4 Å². The third kappa shape index (κ3) is 3.51. The molecule has 166 valence electrons. The second-order valence-electron chi connectivity index (χ2n) is 8.19. The van der Waals surface area contributed by atoms with Gasteiger partial charge in [-0.3, -0.25) is 9.36 Å². The first-order valence-electron chi connectivity index (χ1n) is 10.3. The number of amides is 2. The zero-order valence-electron chi connectivity index (χ0n) is 18.3.